The van der Waals surface area contributed by atoms with E-state index >= 15 is 0 Å². The van der Waals surface area contributed by atoms with Gasteiger partial charge in [0.15, 0.2) is 0 Å². The summed E-state index contributed by atoms with van der Waals surface area (Å²) in [6, 6.07) is 9.81. The Morgan fingerprint density at radius 3 is 2.83 bits per heavy atom. The molecule has 0 bridgehead atoms. The van der Waals surface area contributed by atoms with E-state index in [9.17, 15) is 0 Å². The molecule has 1 saturated carbocycles. The van der Waals surface area contributed by atoms with E-state index in [1.807, 2.05) is 30.3 Å². The zero-order chi connectivity index (χ0) is 12.4. The fraction of sp³-hybridized carbons (Fsp3) is 0.467. The van der Waals surface area contributed by atoms with Gasteiger partial charge in [0.05, 0.1) is 18.8 Å². The van der Waals surface area contributed by atoms with Gasteiger partial charge in [-0.3, -0.25) is 0 Å². The third kappa shape index (κ3) is 2.42. The van der Waals surface area contributed by atoms with Crippen LogP contribution in [0.3, 0.4) is 0 Å². The molecular formula is C15H19NO2. The maximum Gasteiger partial charge on any atom is 0.134 e. The van der Waals surface area contributed by atoms with Gasteiger partial charge in [0.1, 0.15) is 11.3 Å². The van der Waals surface area contributed by atoms with Gasteiger partial charge in [-0.1, -0.05) is 31.0 Å². The highest BCUT2D eigenvalue weighted by Crippen LogP contribution is 2.25. The Kier molecular flexibility index (Phi) is 3.35. The Bertz CT molecular complexity index is 481. The van der Waals surface area contributed by atoms with Crippen molar-refractivity contribution in [2.75, 3.05) is 6.61 Å². The molecule has 1 heterocycles. The van der Waals surface area contributed by atoms with Crippen LogP contribution in [0.4, 0.5) is 0 Å². The molecule has 1 aliphatic rings. The van der Waals surface area contributed by atoms with E-state index in [2.05, 4.69) is 0 Å². The molecule has 3 nitrogen and oxygen atoms in total. The lowest BCUT2D eigenvalue weighted by molar-refractivity contribution is 0.0460. The highest BCUT2D eigenvalue weighted by Gasteiger charge is 2.18. The SMILES string of the molecule is NC(COC1CCCC1)c1cc2ccccc2o1. The highest BCUT2D eigenvalue weighted by molar-refractivity contribution is 5.77. The maximum atomic E-state index is 6.12. The van der Waals surface area contributed by atoms with Crippen LogP contribution >= 0.6 is 0 Å². The fourth-order valence-corrected chi connectivity index (χ4v) is 2.56. The molecule has 2 aromatic rings. The first kappa shape index (κ1) is 11.8. The highest BCUT2D eigenvalue weighted by atomic mass is 16.5. The van der Waals surface area contributed by atoms with E-state index in [0.29, 0.717) is 12.7 Å². The van der Waals surface area contributed by atoms with Gasteiger partial charge in [-0.05, 0) is 25.0 Å². The number of rotatable bonds is 4. The number of benzene rings is 1. The summed E-state index contributed by atoms with van der Waals surface area (Å²) in [5.41, 5.74) is 7.01. The molecule has 18 heavy (non-hydrogen) atoms. The first-order chi connectivity index (χ1) is 8.83. The predicted molar refractivity (Wildman–Crippen MR) is 71.4 cm³/mol. The van der Waals surface area contributed by atoms with Crippen molar-refractivity contribution in [3.05, 3.63) is 36.1 Å². The van der Waals surface area contributed by atoms with Crippen molar-refractivity contribution in [1.82, 2.24) is 0 Å². The molecule has 0 amide bonds. The Hall–Kier alpha value is -1.32. The molecule has 0 aliphatic heterocycles. The normalized spacial score (nSPS) is 18.5. The molecule has 0 radical (unpaired) electrons. The van der Waals surface area contributed by atoms with Crippen LogP contribution in [0.15, 0.2) is 34.7 Å². The molecular weight excluding hydrogens is 226 g/mol. The van der Waals surface area contributed by atoms with E-state index in [1.54, 1.807) is 0 Å². The van der Waals surface area contributed by atoms with Crippen LogP contribution in [0.5, 0.6) is 0 Å². The maximum absolute atomic E-state index is 6.12. The number of fused-ring (bicyclic) bond motifs is 1. The predicted octanol–water partition coefficient (Wildman–Crippen LogP) is 3.39. The van der Waals surface area contributed by atoms with Gasteiger partial charge >= 0.3 is 0 Å². The largest absolute Gasteiger partial charge is 0.459 e. The minimum atomic E-state index is -0.169. The Morgan fingerprint density at radius 1 is 1.28 bits per heavy atom. The van der Waals surface area contributed by atoms with Crippen LogP contribution in [-0.2, 0) is 4.74 Å². The van der Waals surface area contributed by atoms with Crippen molar-refractivity contribution in [3.8, 4) is 0 Å². The zero-order valence-electron chi connectivity index (χ0n) is 10.5. The summed E-state index contributed by atoms with van der Waals surface area (Å²) in [5, 5.41) is 1.10. The first-order valence-electron chi connectivity index (χ1n) is 6.68. The van der Waals surface area contributed by atoms with Crippen LogP contribution in [-0.4, -0.2) is 12.7 Å². The minimum absolute atomic E-state index is 0.169. The topological polar surface area (TPSA) is 48.4 Å². The molecule has 3 heteroatoms. The molecule has 2 N–H and O–H groups in total. The van der Waals surface area contributed by atoms with E-state index in [4.69, 9.17) is 14.9 Å². The van der Waals surface area contributed by atoms with Crippen LogP contribution < -0.4 is 5.73 Å². The van der Waals surface area contributed by atoms with Crippen molar-refractivity contribution in [1.29, 1.82) is 0 Å². The summed E-state index contributed by atoms with van der Waals surface area (Å²) in [4.78, 5) is 0. The number of hydrogen-bond donors (Lipinski definition) is 1. The molecule has 96 valence electrons. The monoisotopic (exact) mass is 245 g/mol. The number of para-hydroxylation sites is 1. The molecule has 1 aliphatic carbocycles. The molecule has 1 aromatic carbocycles. The average molecular weight is 245 g/mol. The lowest BCUT2D eigenvalue weighted by Gasteiger charge is -2.14. The molecule has 1 fully saturated rings. The molecule has 1 unspecified atom stereocenters. The lowest BCUT2D eigenvalue weighted by atomic mass is 10.2. The third-order valence-electron chi connectivity index (χ3n) is 3.62. The smallest absolute Gasteiger partial charge is 0.134 e. The van der Waals surface area contributed by atoms with Gasteiger partial charge in [0.25, 0.3) is 0 Å². The Morgan fingerprint density at radius 2 is 2.06 bits per heavy atom. The van der Waals surface area contributed by atoms with Gasteiger partial charge in [-0.2, -0.15) is 0 Å². The van der Waals surface area contributed by atoms with Crippen molar-refractivity contribution in [2.45, 2.75) is 37.8 Å². The molecule has 3 rings (SSSR count). The van der Waals surface area contributed by atoms with Crippen LogP contribution in [0.1, 0.15) is 37.5 Å². The van der Waals surface area contributed by atoms with Gasteiger partial charge in [-0.25, -0.2) is 0 Å². The second-order valence-corrected chi connectivity index (χ2v) is 5.03. The van der Waals surface area contributed by atoms with Crippen LogP contribution in [0, 0.1) is 0 Å². The molecule has 0 saturated heterocycles. The van der Waals surface area contributed by atoms with E-state index in [1.165, 1.54) is 25.7 Å². The van der Waals surface area contributed by atoms with Gasteiger partial charge < -0.3 is 14.9 Å². The number of furan rings is 1. The second kappa shape index (κ2) is 5.12. The molecule has 0 spiro atoms. The second-order valence-electron chi connectivity index (χ2n) is 5.03. The van der Waals surface area contributed by atoms with Crippen LogP contribution in [0.25, 0.3) is 11.0 Å². The van der Waals surface area contributed by atoms with Crippen molar-refractivity contribution >= 4 is 11.0 Å². The summed E-state index contributed by atoms with van der Waals surface area (Å²) < 4.78 is 11.6. The zero-order valence-corrected chi connectivity index (χ0v) is 10.5. The number of ether oxygens (including phenoxy) is 1. The minimum Gasteiger partial charge on any atom is -0.459 e. The standard InChI is InChI=1S/C15H19NO2/c16-13(10-17-12-6-2-3-7-12)15-9-11-5-1-4-8-14(11)18-15/h1,4-5,8-9,12-13H,2-3,6-7,10,16H2. The number of hydrogen-bond acceptors (Lipinski definition) is 3. The fourth-order valence-electron chi connectivity index (χ4n) is 2.56. The molecule has 1 aromatic heterocycles. The van der Waals surface area contributed by atoms with Crippen molar-refractivity contribution in [2.24, 2.45) is 5.73 Å². The average Bonchev–Trinajstić information content (AvgIpc) is 3.04. The summed E-state index contributed by atoms with van der Waals surface area (Å²) in [6.45, 7) is 0.546. The van der Waals surface area contributed by atoms with Crippen LogP contribution in [0.2, 0.25) is 0 Å². The van der Waals surface area contributed by atoms with E-state index in [0.717, 1.165) is 16.7 Å². The van der Waals surface area contributed by atoms with Gasteiger partial charge in [0.2, 0.25) is 0 Å². The van der Waals surface area contributed by atoms with Gasteiger partial charge in [-0.15, -0.1) is 0 Å². The van der Waals surface area contributed by atoms with Gasteiger partial charge in [0, 0.05) is 5.39 Å². The summed E-state index contributed by atoms with van der Waals surface area (Å²) in [5.74, 6) is 0.814. The summed E-state index contributed by atoms with van der Waals surface area (Å²) in [7, 11) is 0. The van der Waals surface area contributed by atoms with Crippen molar-refractivity contribution < 1.29 is 9.15 Å². The summed E-state index contributed by atoms with van der Waals surface area (Å²) >= 11 is 0. The van der Waals surface area contributed by atoms with Crippen molar-refractivity contribution in [3.63, 3.8) is 0 Å². The quantitative estimate of drug-likeness (QED) is 0.898. The number of nitrogens with two attached hydrogens (primary N) is 1. The lowest BCUT2D eigenvalue weighted by Crippen LogP contribution is -2.20. The molecule has 1 atom stereocenters. The Balaban J connectivity index is 1.65. The third-order valence-corrected chi connectivity index (χ3v) is 3.62. The Labute approximate surface area is 107 Å². The van der Waals surface area contributed by atoms with E-state index in [-0.39, 0.29) is 6.04 Å². The van der Waals surface area contributed by atoms with E-state index < -0.39 is 0 Å². The summed E-state index contributed by atoms with van der Waals surface area (Å²) in [6.07, 6.45) is 5.31. The first-order valence-corrected chi connectivity index (χ1v) is 6.68.